The summed E-state index contributed by atoms with van der Waals surface area (Å²) in [6.45, 7) is 0. The van der Waals surface area contributed by atoms with Gasteiger partial charge in [0.15, 0.2) is 0 Å². The van der Waals surface area contributed by atoms with Crippen LogP contribution in [0.4, 0.5) is 11.4 Å². The first-order valence-electron chi connectivity index (χ1n) is 5.61. The number of para-hydroxylation sites is 1. The molecule has 1 N–H and O–H groups in total. The monoisotopic (exact) mass is 325 g/mol. The van der Waals surface area contributed by atoms with Gasteiger partial charge in [0, 0.05) is 22.7 Å². The molecule has 0 radical (unpaired) electrons. The molecule has 0 saturated heterocycles. The lowest BCUT2D eigenvalue weighted by Gasteiger charge is -2.15. The lowest BCUT2D eigenvalue weighted by atomic mass is 10.1. The Balaban J connectivity index is 2.39. The summed E-state index contributed by atoms with van der Waals surface area (Å²) in [5, 5.41) is 24.8. The standard InChI is InChI=1S/C13H8Cl2N2O4/c14-9-3-1-2-4-11(9)16-13(19)8-5-7(17(20)21)6-10(15)12(8)18/h1-6,18H,(H,16,19)/p-1. The number of carbonyl (C=O) groups is 1. The summed E-state index contributed by atoms with van der Waals surface area (Å²) in [4.78, 5) is 22.1. The summed E-state index contributed by atoms with van der Waals surface area (Å²) in [5.41, 5.74) is -0.579. The molecule has 0 aliphatic carbocycles. The lowest BCUT2D eigenvalue weighted by molar-refractivity contribution is -0.385. The molecular weight excluding hydrogens is 319 g/mol. The van der Waals surface area contributed by atoms with Gasteiger partial charge in [-0.1, -0.05) is 41.1 Å². The Bertz CT molecular complexity index is 734. The van der Waals surface area contributed by atoms with E-state index in [4.69, 9.17) is 23.2 Å². The first-order valence-corrected chi connectivity index (χ1v) is 6.36. The van der Waals surface area contributed by atoms with E-state index in [1.165, 1.54) is 6.07 Å². The number of nitro benzene ring substituents is 1. The predicted molar refractivity (Wildman–Crippen MR) is 77.0 cm³/mol. The Morgan fingerprint density at radius 3 is 2.43 bits per heavy atom. The molecule has 8 heteroatoms. The molecule has 0 aliphatic heterocycles. The first kappa shape index (κ1) is 15.1. The van der Waals surface area contributed by atoms with Crippen LogP contribution in [0.15, 0.2) is 36.4 Å². The van der Waals surface area contributed by atoms with Gasteiger partial charge in [0.2, 0.25) is 0 Å². The van der Waals surface area contributed by atoms with Crippen LogP contribution in [0.5, 0.6) is 5.75 Å². The van der Waals surface area contributed by atoms with Gasteiger partial charge in [0.25, 0.3) is 11.6 Å². The second-order valence-electron chi connectivity index (χ2n) is 4.00. The van der Waals surface area contributed by atoms with Crippen molar-refractivity contribution in [3.05, 3.63) is 62.1 Å². The molecule has 1 amide bonds. The van der Waals surface area contributed by atoms with Gasteiger partial charge in [0.1, 0.15) is 0 Å². The van der Waals surface area contributed by atoms with Crippen LogP contribution >= 0.6 is 23.2 Å². The Kier molecular flexibility index (Phi) is 4.30. The summed E-state index contributed by atoms with van der Waals surface area (Å²) in [6.07, 6.45) is 0. The minimum Gasteiger partial charge on any atom is -0.871 e. The Hall–Kier alpha value is -2.31. The average Bonchev–Trinajstić information content (AvgIpc) is 2.43. The van der Waals surface area contributed by atoms with Gasteiger partial charge in [-0.3, -0.25) is 14.9 Å². The molecule has 0 unspecified atom stereocenters. The van der Waals surface area contributed by atoms with E-state index in [0.29, 0.717) is 0 Å². The van der Waals surface area contributed by atoms with E-state index in [2.05, 4.69) is 5.32 Å². The maximum Gasteiger partial charge on any atom is 0.271 e. The van der Waals surface area contributed by atoms with E-state index in [0.717, 1.165) is 12.1 Å². The van der Waals surface area contributed by atoms with Crippen LogP contribution in [0, 0.1) is 10.1 Å². The maximum atomic E-state index is 12.1. The summed E-state index contributed by atoms with van der Waals surface area (Å²) in [5.74, 6) is -1.61. The molecule has 21 heavy (non-hydrogen) atoms. The third kappa shape index (κ3) is 3.24. The highest BCUT2D eigenvalue weighted by atomic mass is 35.5. The molecule has 2 rings (SSSR count). The van der Waals surface area contributed by atoms with Crippen molar-refractivity contribution in [3.8, 4) is 5.75 Å². The number of rotatable bonds is 3. The number of amides is 1. The molecule has 0 aromatic heterocycles. The molecule has 0 fully saturated rings. The second-order valence-corrected chi connectivity index (χ2v) is 4.81. The number of hydrogen-bond donors (Lipinski definition) is 1. The largest absolute Gasteiger partial charge is 0.871 e. The number of benzene rings is 2. The molecule has 6 nitrogen and oxygen atoms in total. The normalized spacial score (nSPS) is 10.2. The van der Waals surface area contributed by atoms with Crippen molar-refractivity contribution in [2.24, 2.45) is 0 Å². The van der Waals surface area contributed by atoms with Crippen molar-refractivity contribution in [2.75, 3.05) is 5.32 Å². The zero-order valence-corrected chi connectivity index (χ0v) is 11.8. The van der Waals surface area contributed by atoms with Crippen LogP contribution in [0.1, 0.15) is 10.4 Å². The Morgan fingerprint density at radius 1 is 1.14 bits per heavy atom. The third-order valence-corrected chi connectivity index (χ3v) is 3.22. The fourth-order valence-electron chi connectivity index (χ4n) is 1.61. The smallest absolute Gasteiger partial charge is 0.271 e. The van der Waals surface area contributed by atoms with E-state index in [9.17, 15) is 20.0 Å². The molecule has 108 valence electrons. The van der Waals surface area contributed by atoms with Crippen LogP contribution in [0.3, 0.4) is 0 Å². The topological polar surface area (TPSA) is 95.3 Å². The van der Waals surface area contributed by atoms with Gasteiger partial charge >= 0.3 is 0 Å². The lowest BCUT2D eigenvalue weighted by Crippen LogP contribution is -2.15. The van der Waals surface area contributed by atoms with Crippen LogP contribution in [0.25, 0.3) is 0 Å². The molecular formula is C13H7Cl2N2O4-. The highest BCUT2D eigenvalue weighted by Crippen LogP contribution is 2.31. The number of halogens is 2. The number of hydrogen-bond acceptors (Lipinski definition) is 4. The summed E-state index contributed by atoms with van der Waals surface area (Å²) in [6, 6.07) is 8.16. The van der Waals surface area contributed by atoms with E-state index >= 15 is 0 Å². The molecule has 0 aliphatic rings. The van der Waals surface area contributed by atoms with E-state index in [-0.39, 0.29) is 10.7 Å². The molecule has 0 heterocycles. The quantitative estimate of drug-likeness (QED) is 0.692. The highest BCUT2D eigenvalue weighted by Gasteiger charge is 2.16. The summed E-state index contributed by atoms with van der Waals surface area (Å²) >= 11 is 11.5. The molecule has 0 atom stereocenters. The SMILES string of the molecule is O=C(Nc1ccccc1Cl)c1cc([N+](=O)[O-])cc(Cl)c1[O-]. The van der Waals surface area contributed by atoms with Crippen molar-refractivity contribution < 1.29 is 14.8 Å². The van der Waals surface area contributed by atoms with Crippen molar-refractivity contribution >= 4 is 40.5 Å². The van der Waals surface area contributed by atoms with E-state index in [1.54, 1.807) is 18.2 Å². The molecule has 2 aromatic rings. The van der Waals surface area contributed by atoms with Crippen molar-refractivity contribution in [3.63, 3.8) is 0 Å². The first-order chi connectivity index (χ1) is 9.90. The molecule has 0 saturated carbocycles. The van der Waals surface area contributed by atoms with Gasteiger partial charge < -0.3 is 10.4 Å². The fourth-order valence-corrected chi connectivity index (χ4v) is 2.00. The number of nitrogens with zero attached hydrogens (tertiary/aromatic N) is 1. The van der Waals surface area contributed by atoms with Crippen LogP contribution in [0.2, 0.25) is 10.0 Å². The fraction of sp³-hybridized carbons (Fsp3) is 0. The van der Waals surface area contributed by atoms with Gasteiger partial charge in [-0.05, 0) is 12.1 Å². The van der Waals surface area contributed by atoms with Gasteiger partial charge in [-0.15, -0.1) is 0 Å². The zero-order chi connectivity index (χ0) is 15.6. The van der Waals surface area contributed by atoms with Crippen molar-refractivity contribution in [1.29, 1.82) is 0 Å². The van der Waals surface area contributed by atoms with E-state index < -0.39 is 32.9 Å². The second kappa shape index (κ2) is 5.99. The number of anilines is 1. The zero-order valence-electron chi connectivity index (χ0n) is 10.3. The minimum atomic E-state index is -0.821. The minimum absolute atomic E-state index is 0.273. The highest BCUT2D eigenvalue weighted by molar-refractivity contribution is 6.34. The van der Waals surface area contributed by atoms with Crippen molar-refractivity contribution in [1.82, 2.24) is 0 Å². The van der Waals surface area contributed by atoms with Crippen LogP contribution in [-0.2, 0) is 0 Å². The molecule has 0 bridgehead atoms. The van der Waals surface area contributed by atoms with Crippen LogP contribution < -0.4 is 10.4 Å². The number of nitro groups is 1. The average molecular weight is 326 g/mol. The Morgan fingerprint density at radius 2 is 1.81 bits per heavy atom. The predicted octanol–water partition coefficient (Wildman–Crippen LogP) is 3.23. The summed E-state index contributed by atoms with van der Waals surface area (Å²) < 4.78 is 0. The van der Waals surface area contributed by atoms with E-state index in [1.807, 2.05) is 0 Å². The van der Waals surface area contributed by atoms with Gasteiger partial charge in [-0.2, -0.15) is 0 Å². The number of nitrogens with one attached hydrogen (secondary N) is 1. The Labute approximate surface area is 129 Å². The van der Waals surface area contributed by atoms with Gasteiger partial charge in [-0.25, -0.2) is 0 Å². The number of non-ortho nitro benzene ring substituents is 1. The van der Waals surface area contributed by atoms with Gasteiger partial charge in [0.05, 0.1) is 15.6 Å². The van der Waals surface area contributed by atoms with Crippen LogP contribution in [-0.4, -0.2) is 10.8 Å². The molecule has 0 spiro atoms. The van der Waals surface area contributed by atoms with Crippen molar-refractivity contribution in [2.45, 2.75) is 0 Å². The summed E-state index contributed by atoms with van der Waals surface area (Å²) in [7, 11) is 0. The molecule has 2 aromatic carbocycles. The number of carbonyl (C=O) groups excluding carboxylic acids is 1. The maximum absolute atomic E-state index is 12.1. The third-order valence-electron chi connectivity index (χ3n) is 2.61.